The summed E-state index contributed by atoms with van der Waals surface area (Å²) in [5.74, 6) is 0.782. The third-order valence-electron chi connectivity index (χ3n) is 2.52. The van der Waals surface area contributed by atoms with Crippen molar-refractivity contribution in [2.24, 2.45) is 0 Å². The Morgan fingerprint density at radius 2 is 1.81 bits per heavy atom. The highest BCUT2D eigenvalue weighted by molar-refractivity contribution is 6.17. The molecule has 0 saturated carbocycles. The molecule has 0 saturated heterocycles. The summed E-state index contributed by atoms with van der Waals surface area (Å²) >= 11 is 5.62. The van der Waals surface area contributed by atoms with Gasteiger partial charge < -0.3 is 5.32 Å². The Morgan fingerprint density at radius 3 is 2.38 bits per heavy atom. The molecule has 0 unspecified atom stereocenters. The van der Waals surface area contributed by atoms with E-state index in [0.717, 1.165) is 30.7 Å². The minimum absolute atomic E-state index is 0.0508. The lowest BCUT2D eigenvalue weighted by Crippen LogP contribution is -2.19. The number of benzene rings is 1. The lowest BCUT2D eigenvalue weighted by atomic mass is 10.0. The standard InChI is InChI=1S/C13H18ClNO/c1-15-13(16)10-12-7-5-11(6-8-12)4-2-3-9-14/h5-8H,2-4,9-10H2,1H3,(H,15,16). The number of hydrogen-bond donors (Lipinski definition) is 1. The van der Waals surface area contributed by atoms with Gasteiger partial charge in [0.05, 0.1) is 6.42 Å². The highest BCUT2D eigenvalue weighted by Gasteiger charge is 2.00. The number of hydrogen-bond acceptors (Lipinski definition) is 1. The Labute approximate surface area is 102 Å². The molecule has 2 nitrogen and oxygen atoms in total. The summed E-state index contributed by atoms with van der Waals surface area (Å²) in [5, 5.41) is 2.62. The second-order valence-electron chi connectivity index (χ2n) is 3.81. The van der Waals surface area contributed by atoms with E-state index in [-0.39, 0.29) is 5.91 Å². The number of carbonyl (C=O) groups excluding carboxylic acids is 1. The summed E-state index contributed by atoms with van der Waals surface area (Å²) in [6.07, 6.45) is 3.70. The van der Waals surface area contributed by atoms with Gasteiger partial charge in [-0.2, -0.15) is 0 Å². The maximum absolute atomic E-state index is 11.2. The number of amides is 1. The van der Waals surface area contributed by atoms with Crippen molar-refractivity contribution in [1.29, 1.82) is 0 Å². The molecule has 0 bridgehead atoms. The summed E-state index contributed by atoms with van der Waals surface area (Å²) in [6, 6.07) is 8.22. The van der Waals surface area contributed by atoms with E-state index in [9.17, 15) is 4.79 Å². The smallest absolute Gasteiger partial charge is 0.224 e. The molecule has 0 aliphatic heterocycles. The van der Waals surface area contributed by atoms with Crippen molar-refractivity contribution in [2.75, 3.05) is 12.9 Å². The van der Waals surface area contributed by atoms with Gasteiger partial charge in [-0.05, 0) is 30.4 Å². The predicted molar refractivity (Wildman–Crippen MR) is 67.9 cm³/mol. The second kappa shape index (κ2) is 7.29. The molecule has 0 spiro atoms. The van der Waals surface area contributed by atoms with Crippen molar-refractivity contribution in [3.8, 4) is 0 Å². The molecule has 1 amide bonds. The molecule has 88 valence electrons. The minimum atomic E-state index is 0.0508. The Bertz CT molecular complexity index is 321. The van der Waals surface area contributed by atoms with Crippen molar-refractivity contribution in [1.82, 2.24) is 5.32 Å². The predicted octanol–water partition coefficient (Wildman–Crippen LogP) is 2.54. The molecule has 16 heavy (non-hydrogen) atoms. The molecule has 0 aliphatic carbocycles. The number of carbonyl (C=O) groups is 1. The molecular weight excluding hydrogens is 222 g/mol. The van der Waals surface area contributed by atoms with E-state index < -0.39 is 0 Å². The molecule has 1 rings (SSSR count). The van der Waals surface area contributed by atoms with Crippen molar-refractivity contribution >= 4 is 17.5 Å². The highest BCUT2D eigenvalue weighted by atomic mass is 35.5. The first-order valence-corrected chi connectivity index (χ1v) is 6.14. The maximum atomic E-state index is 11.2. The summed E-state index contributed by atoms with van der Waals surface area (Å²) in [7, 11) is 1.66. The summed E-state index contributed by atoms with van der Waals surface area (Å²) in [5.41, 5.74) is 2.37. The number of nitrogens with one attached hydrogen (secondary N) is 1. The normalized spacial score (nSPS) is 10.1. The first-order valence-electron chi connectivity index (χ1n) is 5.60. The summed E-state index contributed by atoms with van der Waals surface area (Å²) < 4.78 is 0. The quantitative estimate of drug-likeness (QED) is 0.600. The third kappa shape index (κ3) is 4.67. The molecule has 1 aromatic carbocycles. The molecule has 3 heteroatoms. The lowest BCUT2D eigenvalue weighted by Gasteiger charge is -2.03. The van der Waals surface area contributed by atoms with Crippen LogP contribution >= 0.6 is 11.6 Å². The second-order valence-corrected chi connectivity index (χ2v) is 4.19. The van der Waals surface area contributed by atoms with Gasteiger partial charge in [-0.25, -0.2) is 0 Å². The zero-order chi connectivity index (χ0) is 11.8. The molecule has 0 fully saturated rings. The Kier molecular flexibility index (Phi) is 5.94. The van der Waals surface area contributed by atoms with Crippen molar-refractivity contribution in [3.63, 3.8) is 0 Å². The number of likely N-dealkylation sites (N-methyl/N-ethyl adjacent to an activating group) is 1. The van der Waals surface area contributed by atoms with Crippen LogP contribution in [0.4, 0.5) is 0 Å². The van der Waals surface area contributed by atoms with Crippen LogP contribution in [0.2, 0.25) is 0 Å². The fraction of sp³-hybridized carbons (Fsp3) is 0.462. The molecule has 0 aromatic heterocycles. The van der Waals surface area contributed by atoms with Crippen molar-refractivity contribution in [3.05, 3.63) is 35.4 Å². The van der Waals surface area contributed by atoms with Gasteiger partial charge in [0.25, 0.3) is 0 Å². The van der Waals surface area contributed by atoms with Crippen LogP contribution in [0.25, 0.3) is 0 Å². The van der Waals surface area contributed by atoms with E-state index >= 15 is 0 Å². The third-order valence-corrected chi connectivity index (χ3v) is 2.78. The van der Waals surface area contributed by atoms with E-state index in [1.54, 1.807) is 7.05 Å². The van der Waals surface area contributed by atoms with Gasteiger partial charge in [0.1, 0.15) is 0 Å². The topological polar surface area (TPSA) is 29.1 Å². The SMILES string of the molecule is CNC(=O)Cc1ccc(CCCCCl)cc1. The van der Waals surface area contributed by atoms with E-state index in [4.69, 9.17) is 11.6 Å². The number of alkyl halides is 1. The molecule has 0 radical (unpaired) electrons. The van der Waals surface area contributed by atoms with E-state index in [2.05, 4.69) is 17.4 Å². The van der Waals surface area contributed by atoms with E-state index in [1.165, 1.54) is 5.56 Å². The van der Waals surface area contributed by atoms with Crippen LogP contribution in [0, 0.1) is 0 Å². The van der Waals surface area contributed by atoms with Crippen LogP contribution in [-0.2, 0) is 17.6 Å². The maximum Gasteiger partial charge on any atom is 0.224 e. The lowest BCUT2D eigenvalue weighted by molar-refractivity contribution is -0.119. The van der Waals surface area contributed by atoms with Gasteiger partial charge in [-0.3, -0.25) is 4.79 Å². The number of unbranched alkanes of at least 4 members (excludes halogenated alkanes) is 1. The summed E-state index contributed by atoms with van der Waals surface area (Å²) in [6.45, 7) is 0. The van der Waals surface area contributed by atoms with Gasteiger partial charge in [-0.15, -0.1) is 11.6 Å². The van der Waals surface area contributed by atoms with Gasteiger partial charge in [0.2, 0.25) is 5.91 Å². The monoisotopic (exact) mass is 239 g/mol. The van der Waals surface area contributed by atoms with Gasteiger partial charge >= 0.3 is 0 Å². The molecule has 1 aromatic rings. The molecule has 0 aliphatic rings. The Balaban J connectivity index is 2.44. The zero-order valence-electron chi connectivity index (χ0n) is 9.63. The minimum Gasteiger partial charge on any atom is -0.359 e. The van der Waals surface area contributed by atoms with Crippen LogP contribution in [0.1, 0.15) is 24.0 Å². The van der Waals surface area contributed by atoms with Gasteiger partial charge in [0.15, 0.2) is 0 Å². The van der Waals surface area contributed by atoms with Gasteiger partial charge in [0, 0.05) is 12.9 Å². The molecule has 0 heterocycles. The highest BCUT2D eigenvalue weighted by Crippen LogP contribution is 2.08. The fourth-order valence-corrected chi connectivity index (χ4v) is 1.71. The molecule has 0 atom stereocenters. The van der Waals surface area contributed by atoms with Crippen LogP contribution in [0.15, 0.2) is 24.3 Å². The van der Waals surface area contributed by atoms with Crippen LogP contribution in [0.3, 0.4) is 0 Å². The van der Waals surface area contributed by atoms with Crippen LogP contribution < -0.4 is 5.32 Å². The fourth-order valence-electron chi connectivity index (χ4n) is 1.52. The number of rotatable bonds is 6. The van der Waals surface area contributed by atoms with E-state index in [1.807, 2.05) is 12.1 Å². The first kappa shape index (κ1) is 13.0. The van der Waals surface area contributed by atoms with E-state index in [0.29, 0.717) is 6.42 Å². The van der Waals surface area contributed by atoms with Crippen molar-refractivity contribution < 1.29 is 4.79 Å². The zero-order valence-corrected chi connectivity index (χ0v) is 10.4. The number of halogens is 1. The largest absolute Gasteiger partial charge is 0.359 e. The molecular formula is C13H18ClNO. The van der Waals surface area contributed by atoms with Crippen LogP contribution in [-0.4, -0.2) is 18.8 Å². The van der Waals surface area contributed by atoms with Crippen molar-refractivity contribution in [2.45, 2.75) is 25.7 Å². The average molecular weight is 240 g/mol. The average Bonchev–Trinajstić information content (AvgIpc) is 2.31. The van der Waals surface area contributed by atoms with Crippen LogP contribution in [0.5, 0.6) is 0 Å². The Hall–Kier alpha value is -1.02. The molecule has 1 N–H and O–H groups in total. The van der Waals surface area contributed by atoms with Gasteiger partial charge in [-0.1, -0.05) is 24.3 Å². The summed E-state index contributed by atoms with van der Waals surface area (Å²) in [4.78, 5) is 11.2. The number of aryl methyl sites for hydroxylation is 1. The first-order chi connectivity index (χ1) is 7.76. The Morgan fingerprint density at radius 1 is 1.19 bits per heavy atom.